The molecule has 2 rings (SSSR count). The summed E-state index contributed by atoms with van der Waals surface area (Å²) in [6, 6.07) is 3.84. The highest BCUT2D eigenvalue weighted by Crippen LogP contribution is 2.24. The first kappa shape index (κ1) is 15.2. The van der Waals surface area contributed by atoms with Gasteiger partial charge < -0.3 is 10.4 Å². The van der Waals surface area contributed by atoms with E-state index in [2.05, 4.69) is 31.4 Å². The van der Waals surface area contributed by atoms with Crippen LogP contribution in [0.4, 0.5) is 0 Å². The van der Waals surface area contributed by atoms with E-state index in [1.165, 1.54) is 11.3 Å². The van der Waals surface area contributed by atoms with Gasteiger partial charge in [0.05, 0.1) is 20.8 Å². The van der Waals surface area contributed by atoms with Crippen molar-refractivity contribution in [3.63, 3.8) is 0 Å². The average molecular weight is 376 g/mol. The lowest BCUT2D eigenvalue weighted by atomic mass is 10.3. The first-order chi connectivity index (χ1) is 9.45. The van der Waals surface area contributed by atoms with Crippen LogP contribution < -0.4 is 5.32 Å². The van der Waals surface area contributed by atoms with Crippen LogP contribution in [-0.2, 0) is 9.59 Å². The largest absolute Gasteiger partial charge is 0.481 e. The fraction of sp³-hybridized carbons (Fsp3) is 0.273. The van der Waals surface area contributed by atoms with Crippen LogP contribution in [0.25, 0.3) is 0 Å². The van der Waals surface area contributed by atoms with Crippen LogP contribution in [0.5, 0.6) is 0 Å². The molecule has 1 aromatic heterocycles. The number of aliphatic carboxylic acids is 1. The molecule has 0 unspecified atom stereocenters. The number of hydrogen-bond acceptors (Lipinski definition) is 6. The number of carbonyl (C=O) groups excluding carboxylic acids is 1. The predicted octanol–water partition coefficient (Wildman–Crippen LogP) is 2.30. The molecule has 0 radical (unpaired) electrons. The van der Waals surface area contributed by atoms with E-state index in [0.29, 0.717) is 5.17 Å². The van der Waals surface area contributed by atoms with Gasteiger partial charge in [0, 0.05) is 0 Å². The third kappa shape index (κ3) is 3.90. The highest BCUT2D eigenvalue weighted by molar-refractivity contribution is 9.11. The van der Waals surface area contributed by atoms with Gasteiger partial charge in [0.1, 0.15) is 5.25 Å². The zero-order valence-electron chi connectivity index (χ0n) is 10.3. The monoisotopic (exact) mass is 375 g/mol. The van der Waals surface area contributed by atoms with Gasteiger partial charge in [-0.25, -0.2) is 0 Å². The number of nitrogens with zero attached hydrogens (tertiary/aromatic N) is 2. The second-order valence-electron chi connectivity index (χ2n) is 3.89. The Morgan fingerprint density at radius 1 is 1.55 bits per heavy atom. The van der Waals surface area contributed by atoms with Crippen molar-refractivity contribution in [3.05, 3.63) is 20.8 Å². The van der Waals surface area contributed by atoms with Crippen molar-refractivity contribution in [2.75, 3.05) is 0 Å². The average Bonchev–Trinajstić information content (AvgIpc) is 2.93. The molecule has 0 aliphatic carbocycles. The van der Waals surface area contributed by atoms with Crippen LogP contribution in [0.1, 0.15) is 18.2 Å². The van der Waals surface area contributed by atoms with Gasteiger partial charge in [-0.15, -0.1) is 16.4 Å². The van der Waals surface area contributed by atoms with E-state index in [-0.39, 0.29) is 12.3 Å². The summed E-state index contributed by atoms with van der Waals surface area (Å²) in [5, 5.41) is 18.9. The molecule has 1 aromatic rings. The molecule has 0 bridgehead atoms. The highest BCUT2D eigenvalue weighted by atomic mass is 79.9. The number of rotatable bonds is 4. The zero-order chi connectivity index (χ0) is 14.7. The van der Waals surface area contributed by atoms with Crippen molar-refractivity contribution >= 4 is 61.8 Å². The number of thioether (sulfide) groups is 1. The van der Waals surface area contributed by atoms with Crippen LogP contribution >= 0.6 is 39.0 Å². The standard InChI is InChI=1S/C11H10BrN3O3S2/c1-5(6-2-3-8(12)19-6)14-15-11-13-10(18)7(20-11)4-9(16)17/h2-3,7H,4H2,1H3,(H,16,17)(H,13,15,18)/b14-5-/t7-/m1/s1. The van der Waals surface area contributed by atoms with E-state index >= 15 is 0 Å². The molecule has 1 fully saturated rings. The molecule has 9 heteroatoms. The van der Waals surface area contributed by atoms with E-state index in [4.69, 9.17) is 5.11 Å². The van der Waals surface area contributed by atoms with Crippen molar-refractivity contribution in [1.29, 1.82) is 0 Å². The Bertz CT molecular complexity index is 612. The van der Waals surface area contributed by atoms with Crippen LogP contribution in [-0.4, -0.2) is 33.1 Å². The Hall–Kier alpha value is -1.19. The van der Waals surface area contributed by atoms with Crippen molar-refractivity contribution in [2.45, 2.75) is 18.6 Å². The highest BCUT2D eigenvalue weighted by Gasteiger charge is 2.32. The van der Waals surface area contributed by atoms with Crippen LogP contribution in [0.15, 0.2) is 26.1 Å². The molecule has 20 heavy (non-hydrogen) atoms. The fourth-order valence-electron chi connectivity index (χ4n) is 1.42. The summed E-state index contributed by atoms with van der Waals surface area (Å²) in [6.07, 6.45) is -0.226. The fourth-order valence-corrected chi connectivity index (χ4v) is 3.66. The summed E-state index contributed by atoms with van der Waals surface area (Å²) in [6.45, 7) is 1.82. The van der Waals surface area contributed by atoms with Gasteiger partial charge in [0.15, 0.2) is 5.17 Å². The molecular formula is C11H10BrN3O3S2. The maximum Gasteiger partial charge on any atom is 0.305 e. The molecule has 1 amide bonds. The number of carboxylic acid groups (broad SMARTS) is 1. The molecule has 1 aliphatic rings. The van der Waals surface area contributed by atoms with E-state index in [1.807, 2.05) is 19.1 Å². The first-order valence-electron chi connectivity index (χ1n) is 5.53. The van der Waals surface area contributed by atoms with Gasteiger partial charge in [0.2, 0.25) is 5.91 Å². The lowest BCUT2D eigenvalue weighted by Crippen LogP contribution is -2.26. The molecule has 2 heterocycles. The van der Waals surface area contributed by atoms with Gasteiger partial charge in [-0.2, -0.15) is 5.10 Å². The molecule has 1 aliphatic heterocycles. The van der Waals surface area contributed by atoms with Gasteiger partial charge in [-0.05, 0) is 35.0 Å². The van der Waals surface area contributed by atoms with Crippen LogP contribution in [0.2, 0.25) is 0 Å². The van der Waals surface area contributed by atoms with Gasteiger partial charge >= 0.3 is 5.97 Å². The minimum Gasteiger partial charge on any atom is -0.481 e. The SMILES string of the molecule is C/C(=N/N=C1/NC(=O)[C@@H](CC(=O)O)S1)c1ccc(Br)s1. The quantitative estimate of drug-likeness (QED) is 0.623. The number of amides is 1. The number of carboxylic acids is 1. The van der Waals surface area contributed by atoms with E-state index in [0.717, 1.165) is 26.1 Å². The third-order valence-corrected chi connectivity index (χ3v) is 5.16. The van der Waals surface area contributed by atoms with E-state index < -0.39 is 11.2 Å². The second-order valence-corrected chi connectivity index (χ2v) is 7.54. The number of carbonyl (C=O) groups is 2. The van der Waals surface area contributed by atoms with Crippen molar-refractivity contribution in [3.8, 4) is 0 Å². The minimum absolute atomic E-state index is 0.226. The topological polar surface area (TPSA) is 91.1 Å². The van der Waals surface area contributed by atoms with Crippen LogP contribution in [0, 0.1) is 0 Å². The Morgan fingerprint density at radius 3 is 2.90 bits per heavy atom. The van der Waals surface area contributed by atoms with E-state index in [1.54, 1.807) is 0 Å². The third-order valence-electron chi connectivity index (χ3n) is 2.36. The number of thiophene rings is 1. The number of amidine groups is 1. The molecule has 0 saturated carbocycles. The molecule has 2 N–H and O–H groups in total. The minimum atomic E-state index is -1.01. The lowest BCUT2D eigenvalue weighted by Gasteiger charge is -1.98. The maximum absolute atomic E-state index is 11.5. The summed E-state index contributed by atoms with van der Waals surface area (Å²) in [5.74, 6) is -1.36. The van der Waals surface area contributed by atoms with Crippen molar-refractivity contribution in [1.82, 2.24) is 5.32 Å². The summed E-state index contributed by atoms with van der Waals surface area (Å²) in [5.41, 5.74) is 0.727. The van der Waals surface area contributed by atoms with Crippen molar-refractivity contribution in [2.24, 2.45) is 10.2 Å². The Morgan fingerprint density at radius 2 is 2.30 bits per heavy atom. The Labute approximate surface area is 131 Å². The van der Waals surface area contributed by atoms with Gasteiger partial charge in [-0.1, -0.05) is 11.8 Å². The predicted molar refractivity (Wildman–Crippen MR) is 83.4 cm³/mol. The zero-order valence-corrected chi connectivity index (χ0v) is 13.5. The molecule has 1 atom stereocenters. The second kappa shape index (κ2) is 6.51. The van der Waals surface area contributed by atoms with Gasteiger partial charge in [-0.3, -0.25) is 9.59 Å². The molecule has 0 spiro atoms. The maximum atomic E-state index is 11.5. The Kier molecular flexibility index (Phi) is 4.95. The number of halogens is 1. The summed E-state index contributed by atoms with van der Waals surface area (Å²) < 4.78 is 1.000. The first-order valence-corrected chi connectivity index (χ1v) is 8.02. The smallest absolute Gasteiger partial charge is 0.305 e. The van der Waals surface area contributed by atoms with Crippen LogP contribution in [0.3, 0.4) is 0 Å². The molecule has 0 aromatic carbocycles. The number of hydrogen-bond donors (Lipinski definition) is 2. The summed E-state index contributed by atoms with van der Waals surface area (Å²) in [4.78, 5) is 23.1. The summed E-state index contributed by atoms with van der Waals surface area (Å²) in [7, 11) is 0. The molecular weight excluding hydrogens is 366 g/mol. The lowest BCUT2D eigenvalue weighted by molar-refractivity contribution is -0.138. The van der Waals surface area contributed by atoms with E-state index in [9.17, 15) is 9.59 Å². The van der Waals surface area contributed by atoms with Crippen molar-refractivity contribution < 1.29 is 14.7 Å². The number of nitrogens with one attached hydrogen (secondary N) is 1. The van der Waals surface area contributed by atoms with Gasteiger partial charge in [0.25, 0.3) is 0 Å². The molecule has 106 valence electrons. The Balaban J connectivity index is 2.05. The summed E-state index contributed by atoms with van der Waals surface area (Å²) >= 11 is 5.99. The molecule has 6 nitrogen and oxygen atoms in total. The normalized spacial score (nSPS) is 21.3. The molecule has 1 saturated heterocycles.